The van der Waals surface area contributed by atoms with E-state index in [1.165, 1.54) is 0 Å². The Morgan fingerprint density at radius 2 is 1.95 bits per heavy atom. The van der Waals surface area contributed by atoms with Gasteiger partial charge in [-0.2, -0.15) is 0 Å². The molecule has 0 bridgehead atoms. The van der Waals surface area contributed by atoms with E-state index in [4.69, 9.17) is 27.4 Å². The van der Waals surface area contributed by atoms with Crippen LogP contribution in [-0.4, -0.2) is 16.6 Å². The van der Waals surface area contributed by atoms with Gasteiger partial charge in [0.1, 0.15) is 10.7 Å². The molecule has 19 heavy (non-hydrogen) atoms. The van der Waals surface area contributed by atoms with Gasteiger partial charge in [-0.05, 0) is 31.2 Å². The third kappa shape index (κ3) is 3.42. The number of ether oxygens (including phenoxy) is 2. The molecule has 2 aromatic rings. The number of nitrogens with two attached hydrogens (primary N) is 1. The Hall–Kier alpha value is -2.14. The fraction of sp³-hybridized carbons (Fsp3) is 0.143. The average molecular weight is 274 g/mol. The third-order valence-corrected chi connectivity index (χ3v) is 2.57. The molecule has 0 atom stereocenters. The van der Waals surface area contributed by atoms with Gasteiger partial charge in [0.05, 0.1) is 18.5 Å². The van der Waals surface area contributed by atoms with Crippen molar-refractivity contribution < 1.29 is 9.47 Å². The molecule has 5 heteroatoms. The van der Waals surface area contributed by atoms with Crippen LogP contribution in [0.5, 0.6) is 17.2 Å². The van der Waals surface area contributed by atoms with Crippen molar-refractivity contribution in [1.82, 2.24) is 4.98 Å². The Balaban J connectivity index is 2.19. The van der Waals surface area contributed by atoms with Crippen molar-refractivity contribution in [3.63, 3.8) is 0 Å². The molecule has 0 aliphatic heterocycles. The van der Waals surface area contributed by atoms with Gasteiger partial charge in [0.25, 0.3) is 0 Å². The van der Waals surface area contributed by atoms with E-state index >= 15 is 0 Å². The highest BCUT2D eigenvalue weighted by atomic mass is 32.1. The summed E-state index contributed by atoms with van der Waals surface area (Å²) in [5.74, 6) is 1.95. The van der Waals surface area contributed by atoms with E-state index in [1.807, 2.05) is 31.2 Å². The summed E-state index contributed by atoms with van der Waals surface area (Å²) in [5.41, 5.74) is 6.06. The monoisotopic (exact) mass is 274 g/mol. The molecule has 2 N–H and O–H groups in total. The van der Waals surface area contributed by atoms with Crippen LogP contribution in [0.15, 0.2) is 42.6 Å². The van der Waals surface area contributed by atoms with Crippen LogP contribution in [0.3, 0.4) is 0 Å². The minimum Gasteiger partial charge on any atom is -0.490 e. The van der Waals surface area contributed by atoms with Crippen LogP contribution in [-0.2, 0) is 0 Å². The van der Waals surface area contributed by atoms with Crippen LogP contribution in [0.2, 0.25) is 0 Å². The van der Waals surface area contributed by atoms with Crippen LogP contribution in [0.25, 0.3) is 0 Å². The first-order chi connectivity index (χ1) is 9.20. The van der Waals surface area contributed by atoms with Crippen molar-refractivity contribution in [2.75, 3.05) is 6.61 Å². The van der Waals surface area contributed by atoms with Crippen molar-refractivity contribution in [2.24, 2.45) is 5.73 Å². The van der Waals surface area contributed by atoms with Crippen LogP contribution in [0.1, 0.15) is 12.6 Å². The molecule has 1 heterocycles. The van der Waals surface area contributed by atoms with Crippen molar-refractivity contribution in [1.29, 1.82) is 0 Å². The molecular formula is C14H14N2O2S. The zero-order chi connectivity index (χ0) is 13.7. The first-order valence-corrected chi connectivity index (χ1v) is 6.27. The highest BCUT2D eigenvalue weighted by molar-refractivity contribution is 7.80. The predicted octanol–water partition coefficient (Wildman–Crippen LogP) is 2.91. The zero-order valence-corrected chi connectivity index (χ0v) is 11.3. The normalized spacial score (nSPS) is 9.95. The first-order valence-electron chi connectivity index (χ1n) is 5.86. The fourth-order valence-corrected chi connectivity index (χ4v) is 1.64. The number of nitrogens with zero attached hydrogens (tertiary/aromatic N) is 1. The Morgan fingerprint density at radius 1 is 1.21 bits per heavy atom. The van der Waals surface area contributed by atoms with E-state index in [9.17, 15) is 0 Å². The van der Waals surface area contributed by atoms with Crippen molar-refractivity contribution in [3.05, 3.63) is 48.3 Å². The highest BCUT2D eigenvalue weighted by Gasteiger charge is 2.06. The smallest absolute Gasteiger partial charge is 0.169 e. The van der Waals surface area contributed by atoms with Crippen LogP contribution in [0.4, 0.5) is 0 Å². The summed E-state index contributed by atoms with van der Waals surface area (Å²) in [6.07, 6.45) is 1.58. The number of aromatic nitrogens is 1. The van der Waals surface area contributed by atoms with Crippen molar-refractivity contribution >= 4 is 17.2 Å². The van der Waals surface area contributed by atoms with E-state index < -0.39 is 0 Å². The lowest BCUT2D eigenvalue weighted by molar-refractivity contribution is 0.321. The molecule has 0 radical (unpaired) electrons. The number of hydrogen-bond acceptors (Lipinski definition) is 4. The standard InChI is InChI=1S/C14H14N2O2S/c1-2-17-12-5-3-4-6-13(12)18-10-7-8-11(14(15)19)16-9-10/h3-9H,2H2,1H3,(H2,15,19). The average Bonchev–Trinajstić information content (AvgIpc) is 2.42. The number of benzene rings is 1. The summed E-state index contributed by atoms with van der Waals surface area (Å²) in [7, 11) is 0. The molecule has 1 aromatic heterocycles. The van der Waals surface area contributed by atoms with Crippen LogP contribution in [0, 0.1) is 0 Å². The van der Waals surface area contributed by atoms with E-state index in [0.717, 1.165) is 0 Å². The highest BCUT2D eigenvalue weighted by Crippen LogP contribution is 2.30. The molecule has 0 spiro atoms. The first kappa shape index (κ1) is 13.3. The summed E-state index contributed by atoms with van der Waals surface area (Å²) in [6.45, 7) is 2.51. The molecular weight excluding hydrogens is 260 g/mol. The molecule has 0 fully saturated rings. The molecule has 0 unspecified atom stereocenters. The largest absolute Gasteiger partial charge is 0.490 e. The summed E-state index contributed by atoms with van der Waals surface area (Å²) in [6, 6.07) is 11.0. The second-order valence-corrected chi connectivity index (χ2v) is 4.17. The quantitative estimate of drug-likeness (QED) is 0.850. The van der Waals surface area contributed by atoms with Gasteiger partial charge < -0.3 is 15.2 Å². The maximum Gasteiger partial charge on any atom is 0.169 e. The molecule has 0 aliphatic rings. The lowest BCUT2D eigenvalue weighted by atomic mass is 10.3. The third-order valence-electron chi connectivity index (χ3n) is 2.37. The van der Waals surface area contributed by atoms with Gasteiger partial charge in [-0.3, -0.25) is 0 Å². The van der Waals surface area contributed by atoms with E-state index in [0.29, 0.717) is 29.5 Å². The van der Waals surface area contributed by atoms with Gasteiger partial charge in [0.2, 0.25) is 0 Å². The Morgan fingerprint density at radius 3 is 2.53 bits per heavy atom. The van der Waals surface area contributed by atoms with Gasteiger partial charge >= 0.3 is 0 Å². The number of hydrogen-bond donors (Lipinski definition) is 1. The van der Waals surface area contributed by atoms with Crippen LogP contribution >= 0.6 is 12.2 Å². The SMILES string of the molecule is CCOc1ccccc1Oc1ccc(C(N)=S)nc1. The lowest BCUT2D eigenvalue weighted by Crippen LogP contribution is -2.10. The Bertz CT molecular complexity index is 570. The topological polar surface area (TPSA) is 57.4 Å². The second kappa shape index (κ2) is 6.15. The Labute approximate surface area is 117 Å². The molecule has 2 rings (SSSR count). The van der Waals surface area contributed by atoms with E-state index in [2.05, 4.69) is 4.98 Å². The summed E-state index contributed by atoms with van der Waals surface area (Å²) < 4.78 is 11.2. The minimum atomic E-state index is 0.265. The zero-order valence-electron chi connectivity index (χ0n) is 10.5. The molecule has 0 amide bonds. The molecule has 4 nitrogen and oxygen atoms in total. The number of thiocarbonyl (C=S) groups is 1. The van der Waals surface area contributed by atoms with Gasteiger partial charge in [0, 0.05) is 0 Å². The summed E-state index contributed by atoms with van der Waals surface area (Å²) >= 11 is 4.84. The molecule has 0 aliphatic carbocycles. The maximum atomic E-state index is 5.73. The van der Waals surface area contributed by atoms with Gasteiger partial charge in [0.15, 0.2) is 11.5 Å². The number of para-hydroxylation sites is 2. The van der Waals surface area contributed by atoms with Gasteiger partial charge in [-0.15, -0.1) is 0 Å². The van der Waals surface area contributed by atoms with Crippen LogP contribution < -0.4 is 15.2 Å². The fourth-order valence-electron chi connectivity index (χ4n) is 1.52. The van der Waals surface area contributed by atoms with Gasteiger partial charge in [-0.25, -0.2) is 4.98 Å². The molecule has 98 valence electrons. The van der Waals surface area contributed by atoms with Gasteiger partial charge in [-0.1, -0.05) is 24.4 Å². The number of pyridine rings is 1. The van der Waals surface area contributed by atoms with Crippen molar-refractivity contribution in [2.45, 2.75) is 6.92 Å². The lowest BCUT2D eigenvalue weighted by Gasteiger charge is -2.11. The molecule has 0 saturated carbocycles. The van der Waals surface area contributed by atoms with E-state index in [-0.39, 0.29) is 4.99 Å². The summed E-state index contributed by atoms with van der Waals surface area (Å²) in [5, 5.41) is 0. The van der Waals surface area contributed by atoms with E-state index in [1.54, 1.807) is 18.3 Å². The number of rotatable bonds is 5. The Kier molecular flexibility index (Phi) is 4.30. The minimum absolute atomic E-state index is 0.265. The maximum absolute atomic E-state index is 5.73. The van der Waals surface area contributed by atoms with Crippen molar-refractivity contribution in [3.8, 4) is 17.2 Å². The second-order valence-electron chi connectivity index (χ2n) is 3.73. The molecule has 0 saturated heterocycles. The predicted molar refractivity (Wildman–Crippen MR) is 77.8 cm³/mol. The summed E-state index contributed by atoms with van der Waals surface area (Å²) in [4.78, 5) is 4.38. The molecule has 1 aromatic carbocycles.